The van der Waals surface area contributed by atoms with Crippen molar-refractivity contribution in [3.05, 3.63) is 29.8 Å². The number of hydrogen-bond donors (Lipinski definition) is 1. The fourth-order valence-corrected chi connectivity index (χ4v) is 2.86. The summed E-state index contributed by atoms with van der Waals surface area (Å²) in [6.45, 7) is 3.02. The Morgan fingerprint density at radius 2 is 1.86 bits per heavy atom. The van der Waals surface area contributed by atoms with Gasteiger partial charge in [0, 0.05) is 19.0 Å². The van der Waals surface area contributed by atoms with Gasteiger partial charge in [0.2, 0.25) is 5.91 Å². The highest BCUT2D eigenvalue weighted by molar-refractivity contribution is 5.79. The van der Waals surface area contributed by atoms with Gasteiger partial charge in [-0.25, -0.2) is 0 Å². The molecule has 1 heterocycles. The van der Waals surface area contributed by atoms with E-state index in [9.17, 15) is 9.59 Å². The molecule has 0 aliphatic carbocycles. The first kappa shape index (κ1) is 16.3. The number of methoxy groups -OCH3 is 1. The Hall–Kier alpha value is -2.04. The number of piperidine rings is 1. The van der Waals surface area contributed by atoms with E-state index in [4.69, 9.17) is 9.84 Å². The van der Waals surface area contributed by atoms with Gasteiger partial charge < -0.3 is 14.7 Å². The zero-order chi connectivity index (χ0) is 16.1. The lowest BCUT2D eigenvalue weighted by molar-refractivity contribution is -0.146. The van der Waals surface area contributed by atoms with Crippen LogP contribution in [0, 0.1) is 11.8 Å². The summed E-state index contributed by atoms with van der Waals surface area (Å²) < 4.78 is 5.12. The molecule has 2 rings (SSSR count). The molecule has 0 unspecified atom stereocenters. The first-order chi connectivity index (χ1) is 10.5. The topological polar surface area (TPSA) is 66.8 Å². The smallest absolute Gasteiger partial charge is 0.306 e. The van der Waals surface area contributed by atoms with Crippen molar-refractivity contribution in [3.63, 3.8) is 0 Å². The van der Waals surface area contributed by atoms with Gasteiger partial charge in [0.15, 0.2) is 0 Å². The Bertz CT molecular complexity index is 518. The lowest BCUT2D eigenvalue weighted by Gasteiger charge is -2.32. The molecule has 120 valence electrons. The molecule has 1 atom stereocenters. The first-order valence-corrected chi connectivity index (χ1v) is 7.65. The van der Waals surface area contributed by atoms with Crippen LogP contribution in [-0.4, -0.2) is 42.1 Å². The maximum Gasteiger partial charge on any atom is 0.306 e. The molecule has 1 N–H and O–H groups in total. The summed E-state index contributed by atoms with van der Waals surface area (Å²) in [6, 6.07) is 7.73. The lowest BCUT2D eigenvalue weighted by Crippen LogP contribution is -2.43. The fraction of sp³-hybridized carbons (Fsp3) is 0.529. The van der Waals surface area contributed by atoms with Crippen LogP contribution in [0.3, 0.4) is 0 Å². The molecule has 0 spiro atoms. The van der Waals surface area contributed by atoms with Crippen molar-refractivity contribution in [3.8, 4) is 5.75 Å². The Morgan fingerprint density at radius 1 is 1.27 bits per heavy atom. The van der Waals surface area contributed by atoms with Crippen LogP contribution in [-0.2, 0) is 16.0 Å². The van der Waals surface area contributed by atoms with Crippen LogP contribution in [0.25, 0.3) is 0 Å². The van der Waals surface area contributed by atoms with E-state index in [2.05, 4.69) is 0 Å². The molecule has 1 saturated heterocycles. The number of carboxylic acids is 1. The monoisotopic (exact) mass is 305 g/mol. The third-order valence-corrected chi connectivity index (χ3v) is 4.28. The number of aliphatic carboxylic acids is 1. The third-order valence-electron chi connectivity index (χ3n) is 4.28. The number of carbonyl (C=O) groups excluding carboxylic acids is 1. The molecule has 0 saturated carbocycles. The highest BCUT2D eigenvalue weighted by Crippen LogP contribution is 2.21. The number of carbonyl (C=O) groups is 2. The van der Waals surface area contributed by atoms with Crippen LogP contribution in [0.15, 0.2) is 24.3 Å². The van der Waals surface area contributed by atoms with Crippen molar-refractivity contribution in [2.45, 2.75) is 26.2 Å². The number of likely N-dealkylation sites (tertiary alicyclic amines) is 1. The predicted molar refractivity (Wildman–Crippen MR) is 82.8 cm³/mol. The van der Waals surface area contributed by atoms with E-state index in [0.29, 0.717) is 32.4 Å². The van der Waals surface area contributed by atoms with E-state index in [1.165, 1.54) is 0 Å². The van der Waals surface area contributed by atoms with E-state index in [-0.39, 0.29) is 17.7 Å². The maximum atomic E-state index is 12.5. The van der Waals surface area contributed by atoms with E-state index in [0.717, 1.165) is 11.3 Å². The van der Waals surface area contributed by atoms with Crippen LogP contribution >= 0.6 is 0 Å². The molecular formula is C17H23NO4. The van der Waals surface area contributed by atoms with Gasteiger partial charge in [-0.2, -0.15) is 0 Å². The van der Waals surface area contributed by atoms with E-state index < -0.39 is 5.97 Å². The minimum Gasteiger partial charge on any atom is -0.497 e. The Kier molecular flexibility index (Phi) is 5.41. The number of benzene rings is 1. The molecule has 1 aliphatic rings. The summed E-state index contributed by atoms with van der Waals surface area (Å²) in [5.74, 6) is -0.243. The van der Waals surface area contributed by atoms with Gasteiger partial charge in [0.1, 0.15) is 5.75 Å². The van der Waals surface area contributed by atoms with Gasteiger partial charge in [0.05, 0.1) is 13.0 Å². The van der Waals surface area contributed by atoms with E-state index in [1.807, 2.05) is 31.2 Å². The number of rotatable bonds is 5. The fourth-order valence-electron chi connectivity index (χ4n) is 2.86. The van der Waals surface area contributed by atoms with Crippen molar-refractivity contribution < 1.29 is 19.4 Å². The highest BCUT2D eigenvalue weighted by atomic mass is 16.5. The van der Waals surface area contributed by atoms with Gasteiger partial charge in [-0.3, -0.25) is 9.59 Å². The molecule has 0 bridgehead atoms. The second-order valence-corrected chi connectivity index (χ2v) is 5.89. The average Bonchev–Trinajstić information content (AvgIpc) is 2.55. The molecule has 1 aliphatic heterocycles. The normalized spacial score (nSPS) is 17.1. The molecular weight excluding hydrogens is 282 g/mol. The summed E-state index contributed by atoms with van der Waals surface area (Å²) in [6.07, 6.45) is 1.79. The van der Waals surface area contributed by atoms with Crippen LogP contribution in [0.4, 0.5) is 0 Å². The molecule has 1 amide bonds. The number of hydrogen-bond acceptors (Lipinski definition) is 3. The van der Waals surface area contributed by atoms with Crippen LogP contribution in [0.5, 0.6) is 5.75 Å². The number of ether oxygens (including phenoxy) is 1. The van der Waals surface area contributed by atoms with Gasteiger partial charge in [-0.05, 0) is 37.0 Å². The quantitative estimate of drug-likeness (QED) is 0.905. The molecule has 0 aromatic heterocycles. The van der Waals surface area contributed by atoms with Crippen molar-refractivity contribution in [2.75, 3.05) is 20.2 Å². The first-order valence-electron chi connectivity index (χ1n) is 7.65. The second kappa shape index (κ2) is 7.29. The van der Waals surface area contributed by atoms with Gasteiger partial charge in [-0.1, -0.05) is 19.1 Å². The lowest BCUT2D eigenvalue weighted by atomic mass is 9.94. The van der Waals surface area contributed by atoms with Gasteiger partial charge in [0.25, 0.3) is 0 Å². The largest absolute Gasteiger partial charge is 0.497 e. The number of amides is 1. The van der Waals surface area contributed by atoms with Crippen LogP contribution < -0.4 is 4.74 Å². The SMILES string of the molecule is COc1ccc(C[C@H](C)C(=O)N2CCC(C(=O)O)CC2)cc1. The second-order valence-electron chi connectivity index (χ2n) is 5.89. The number of carboxylic acid groups (broad SMARTS) is 1. The predicted octanol–water partition coefficient (Wildman–Crippen LogP) is 2.20. The van der Waals surface area contributed by atoms with Crippen molar-refractivity contribution >= 4 is 11.9 Å². The zero-order valence-electron chi connectivity index (χ0n) is 13.1. The van der Waals surface area contributed by atoms with Crippen molar-refractivity contribution in [1.82, 2.24) is 4.90 Å². The molecule has 22 heavy (non-hydrogen) atoms. The molecule has 5 nitrogen and oxygen atoms in total. The third kappa shape index (κ3) is 4.00. The Labute approximate surface area is 130 Å². The van der Waals surface area contributed by atoms with Gasteiger partial charge in [-0.15, -0.1) is 0 Å². The summed E-state index contributed by atoms with van der Waals surface area (Å²) in [4.78, 5) is 25.2. The molecule has 1 aromatic rings. The molecule has 5 heteroatoms. The summed E-state index contributed by atoms with van der Waals surface area (Å²) in [5.41, 5.74) is 1.10. The average molecular weight is 305 g/mol. The van der Waals surface area contributed by atoms with Crippen molar-refractivity contribution in [1.29, 1.82) is 0 Å². The minimum absolute atomic E-state index is 0.102. The van der Waals surface area contributed by atoms with Crippen LogP contribution in [0.2, 0.25) is 0 Å². The standard InChI is InChI=1S/C17H23NO4/c1-12(11-13-3-5-15(22-2)6-4-13)16(19)18-9-7-14(8-10-18)17(20)21/h3-6,12,14H,7-11H2,1-2H3,(H,20,21)/t12-/m0/s1. The maximum absolute atomic E-state index is 12.5. The highest BCUT2D eigenvalue weighted by Gasteiger charge is 2.29. The van der Waals surface area contributed by atoms with E-state index in [1.54, 1.807) is 12.0 Å². The number of nitrogens with zero attached hydrogens (tertiary/aromatic N) is 1. The minimum atomic E-state index is -0.751. The van der Waals surface area contributed by atoms with Crippen LogP contribution in [0.1, 0.15) is 25.3 Å². The van der Waals surface area contributed by atoms with Crippen molar-refractivity contribution in [2.24, 2.45) is 11.8 Å². The summed E-state index contributed by atoms with van der Waals surface area (Å²) >= 11 is 0. The Morgan fingerprint density at radius 3 is 2.36 bits per heavy atom. The molecule has 0 radical (unpaired) electrons. The summed E-state index contributed by atoms with van der Waals surface area (Å²) in [5, 5.41) is 9.00. The van der Waals surface area contributed by atoms with Gasteiger partial charge >= 0.3 is 5.97 Å². The molecule has 1 fully saturated rings. The van der Waals surface area contributed by atoms with E-state index >= 15 is 0 Å². The molecule has 1 aromatic carbocycles. The zero-order valence-corrected chi connectivity index (χ0v) is 13.1. The summed E-state index contributed by atoms with van der Waals surface area (Å²) in [7, 11) is 1.63. The Balaban J connectivity index is 1.88.